The van der Waals surface area contributed by atoms with Crippen LogP contribution in [0, 0.1) is 22.7 Å². The van der Waals surface area contributed by atoms with E-state index in [1.54, 1.807) is 12.1 Å². The van der Waals surface area contributed by atoms with Crippen molar-refractivity contribution in [2.45, 2.75) is 51.4 Å². The Morgan fingerprint density at radius 2 is 1.44 bits per heavy atom. The van der Waals surface area contributed by atoms with Gasteiger partial charge in [-0.15, -0.1) is 0 Å². The van der Waals surface area contributed by atoms with Crippen LogP contribution in [0.5, 0.6) is 5.75 Å². The van der Waals surface area contributed by atoms with Crippen LogP contribution in [-0.4, -0.2) is 71.9 Å². The average Bonchev–Trinajstić information content (AvgIpc) is 3.18. The van der Waals surface area contributed by atoms with E-state index in [1.807, 2.05) is 12.1 Å². The first-order chi connectivity index (χ1) is 19.5. The summed E-state index contributed by atoms with van der Waals surface area (Å²) in [6.45, 7) is 2.84. The Balaban J connectivity index is 1.85. The predicted octanol–water partition coefficient (Wildman–Crippen LogP) is 1.62. The van der Waals surface area contributed by atoms with Crippen LogP contribution in [0.15, 0.2) is 42.5 Å². The monoisotopic (exact) mass is 561 g/mol. The average molecular weight is 562 g/mol. The molecule has 13 nitrogen and oxygen atoms in total. The predicted molar refractivity (Wildman–Crippen MR) is 134 cm³/mol. The number of amides is 2. The molecule has 210 valence electrons. The second-order valence-electron chi connectivity index (χ2n) is 9.06. The van der Waals surface area contributed by atoms with Gasteiger partial charge in [0.15, 0.2) is 12.2 Å². The lowest BCUT2D eigenvalue weighted by Gasteiger charge is -2.46. The van der Waals surface area contributed by atoms with Crippen LogP contribution >= 0.6 is 0 Å². The number of esters is 3. The number of benzene rings is 2. The Labute approximate surface area is 233 Å². The highest BCUT2D eigenvalue weighted by atomic mass is 16.7. The van der Waals surface area contributed by atoms with Crippen molar-refractivity contribution in [1.82, 2.24) is 4.90 Å². The lowest BCUT2D eigenvalue weighted by molar-refractivity contribution is -0.265. The number of imide groups is 1. The molecule has 2 heterocycles. The van der Waals surface area contributed by atoms with E-state index in [0.717, 1.165) is 25.7 Å². The molecule has 0 aliphatic carbocycles. The van der Waals surface area contributed by atoms with Crippen molar-refractivity contribution >= 4 is 29.7 Å². The summed E-state index contributed by atoms with van der Waals surface area (Å²) in [5, 5.41) is 18.7. The van der Waals surface area contributed by atoms with Gasteiger partial charge >= 0.3 is 17.9 Å². The molecule has 0 N–H and O–H groups in total. The summed E-state index contributed by atoms with van der Waals surface area (Å²) >= 11 is 0. The van der Waals surface area contributed by atoms with Crippen LogP contribution < -0.4 is 4.74 Å². The van der Waals surface area contributed by atoms with Gasteiger partial charge in [-0.05, 0) is 30.3 Å². The van der Waals surface area contributed by atoms with E-state index < -0.39 is 67.0 Å². The number of ether oxygens (including phenoxy) is 5. The summed E-state index contributed by atoms with van der Waals surface area (Å²) < 4.78 is 28.2. The van der Waals surface area contributed by atoms with Crippen molar-refractivity contribution in [1.29, 1.82) is 10.5 Å². The van der Waals surface area contributed by atoms with Gasteiger partial charge in [-0.2, -0.15) is 10.5 Å². The molecule has 0 saturated carbocycles. The first-order valence-electron chi connectivity index (χ1n) is 12.3. The molecule has 1 fully saturated rings. The summed E-state index contributed by atoms with van der Waals surface area (Å²) in [5.41, 5.74) is 0.203. The number of fused-ring (bicyclic) bond motifs is 1. The number of carbonyl (C=O) groups is 5. The molecular weight excluding hydrogens is 538 g/mol. The fourth-order valence-corrected chi connectivity index (χ4v) is 4.65. The van der Waals surface area contributed by atoms with Crippen LogP contribution in [-0.2, 0) is 33.3 Å². The molecule has 41 heavy (non-hydrogen) atoms. The molecule has 2 aliphatic rings. The Kier molecular flexibility index (Phi) is 8.31. The molecule has 13 heteroatoms. The van der Waals surface area contributed by atoms with Gasteiger partial charge in [-0.3, -0.25) is 28.9 Å². The van der Waals surface area contributed by atoms with E-state index in [4.69, 9.17) is 23.7 Å². The molecule has 1 saturated heterocycles. The van der Waals surface area contributed by atoms with Crippen molar-refractivity contribution in [2.75, 3.05) is 6.61 Å². The summed E-state index contributed by atoms with van der Waals surface area (Å²) in [4.78, 5) is 63.9. The molecule has 5 atom stereocenters. The third kappa shape index (κ3) is 5.85. The lowest BCUT2D eigenvalue weighted by atomic mass is 9.94. The molecule has 0 aromatic heterocycles. The minimum atomic E-state index is -1.59. The SMILES string of the molecule is CC(=O)OC[C@H]1O[C@@H](Oc2ccc(C#N)c(C#N)c2)[C@H](N2C(=O)c3ccccc3C2=O)[C@@H](OC(C)=O)[C@@H]1OC(C)=O. The van der Waals surface area contributed by atoms with E-state index in [2.05, 4.69) is 0 Å². The Hall–Kier alpha value is -5.27. The standard InChI is InChI=1S/C28H23N3O10/c1-14(32)37-13-22-24(38-15(2)33)25(39-16(3)34)23(31-26(35)20-6-4-5-7-21(20)27(31)36)28(41-22)40-19-9-8-17(11-29)18(10-19)12-30/h4-10,22-25,28H,13H2,1-3H3/t22-,23-,24-,25-,28-/m1/s1. The molecule has 0 unspecified atom stereocenters. The maximum absolute atomic E-state index is 13.5. The van der Waals surface area contributed by atoms with Gasteiger partial charge in [0, 0.05) is 20.8 Å². The van der Waals surface area contributed by atoms with Gasteiger partial charge in [-0.1, -0.05) is 12.1 Å². The summed E-state index contributed by atoms with van der Waals surface area (Å²) in [6, 6.07) is 12.2. The fraction of sp³-hybridized carbons (Fsp3) is 0.321. The lowest BCUT2D eigenvalue weighted by Crippen LogP contribution is -2.68. The van der Waals surface area contributed by atoms with Crippen molar-refractivity contribution in [3.8, 4) is 17.9 Å². The molecular formula is C28H23N3O10. The third-order valence-electron chi connectivity index (χ3n) is 6.28. The summed E-state index contributed by atoms with van der Waals surface area (Å²) in [7, 11) is 0. The summed E-state index contributed by atoms with van der Waals surface area (Å²) in [5.74, 6) is -3.83. The molecule has 0 radical (unpaired) electrons. The highest BCUT2D eigenvalue weighted by Crippen LogP contribution is 2.36. The van der Waals surface area contributed by atoms with Gasteiger partial charge < -0.3 is 23.7 Å². The smallest absolute Gasteiger partial charge is 0.303 e. The zero-order valence-electron chi connectivity index (χ0n) is 22.1. The Morgan fingerprint density at radius 1 is 0.854 bits per heavy atom. The highest BCUT2D eigenvalue weighted by Gasteiger charge is 2.57. The number of carbonyl (C=O) groups excluding carboxylic acids is 5. The van der Waals surface area contributed by atoms with Crippen molar-refractivity contribution in [2.24, 2.45) is 0 Å². The zero-order chi connectivity index (χ0) is 29.8. The van der Waals surface area contributed by atoms with Crippen LogP contribution in [0.25, 0.3) is 0 Å². The van der Waals surface area contributed by atoms with Gasteiger partial charge in [0.2, 0.25) is 6.29 Å². The number of hydrogen-bond acceptors (Lipinski definition) is 12. The second-order valence-corrected chi connectivity index (χ2v) is 9.06. The quantitative estimate of drug-likeness (QED) is 0.271. The van der Waals surface area contributed by atoms with Crippen LogP contribution in [0.2, 0.25) is 0 Å². The molecule has 2 aromatic rings. The maximum Gasteiger partial charge on any atom is 0.303 e. The first kappa shape index (κ1) is 28.7. The third-order valence-corrected chi connectivity index (χ3v) is 6.28. The minimum Gasteiger partial charge on any atom is -0.463 e. The topological polar surface area (TPSA) is 182 Å². The Morgan fingerprint density at radius 3 is 1.98 bits per heavy atom. The normalized spacial score (nSPS) is 23.0. The van der Waals surface area contributed by atoms with E-state index in [-0.39, 0.29) is 28.0 Å². The fourth-order valence-electron chi connectivity index (χ4n) is 4.65. The maximum atomic E-state index is 13.5. The van der Waals surface area contributed by atoms with E-state index >= 15 is 0 Å². The molecule has 2 aromatic carbocycles. The number of hydrogen-bond donors (Lipinski definition) is 0. The number of nitriles is 2. The van der Waals surface area contributed by atoms with E-state index in [1.165, 1.54) is 30.3 Å². The number of nitrogens with zero attached hydrogens (tertiary/aromatic N) is 3. The van der Waals surface area contributed by atoms with Gasteiger partial charge in [0.05, 0.1) is 22.3 Å². The molecule has 2 aliphatic heterocycles. The highest BCUT2D eigenvalue weighted by molar-refractivity contribution is 6.21. The van der Waals surface area contributed by atoms with Crippen LogP contribution in [0.4, 0.5) is 0 Å². The Bertz CT molecular complexity index is 1470. The van der Waals surface area contributed by atoms with E-state index in [9.17, 15) is 34.5 Å². The van der Waals surface area contributed by atoms with Gasteiger partial charge in [0.1, 0.15) is 36.6 Å². The van der Waals surface area contributed by atoms with Crippen LogP contribution in [0.1, 0.15) is 52.6 Å². The molecule has 0 spiro atoms. The zero-order valence-corrected chi connectivity index (χ0v) is 22.1. The van der Waals surface area contributed by atoms with Crippen molar-refractivity contribution < 1.29 is 47.7 Å². The van der Waals surface area contributed by atoms with Crippen molar-refractivity contribution in [3.05, 3.63) is 64.7 Å². The molecule has 0 bridgehead atoms. The number of rotatable bonds is 7. The van der Waals surface area contributed by atoms with E-state index in [0.29, 0.717) is 0 Å². The minimum absolute atomic E-state index is 0.00547. The van der Waals surface area contributed by atoms with Gasteiger partial charge in [0.25, 0.3) is 11.8 Å². The largest absolute Gasteiger partial charge is 0.463 e. The second kappa shape index (κ2) is 11.9. The molecule has 4 rings (SSSR count). The summed E-state index contributed by atoms with van der Waals surface area (Å²) in [6.07, 6.45) is -5.85. The van der Waals surface area contributed by atoms with Crippen LogP contribution in [0.3, 0.4) is 0 Å². The van der Waals surface area contributed by atoms with Crippen molar-refractivity contribution in [3.63, 3.8) is 0 Å². The van der Waals surface area contributed by atoms with Gasteiger partial charge in [-0.25, -0.2) is 0 Å². The first-order valence-corrected chi connectivity index (χ1v) is 12.3. The molecule has 2 amide bonds.